The van der Waals surface area contributed by atoms with E-state index in [1.807, 2.05) is 0 Å². The number of carbonyl (C=O) groups is 1. The fourth-order valence-electron chi connectivity index (χ4n) is 0.718. The molecule has 0 heterocycles. The normalized spacial score (nSPS) is 12.6. The van der Waals surface area contributed by atoms with Crippen molar-refractivity contribution in [2.45, 2.75) is 0 Å². The Morgan fingerprint density at radius 1 is 1.33 bits per heavy atom. The maximum atomic E-state index is 11.0. The Morgan fingerprint density at radius 2 is 1.80 bits per heavy atom. The minimum absolute atomic E-state index is 0. The number of benzene rings is 1. The van der Waals surface area contributed by atoms with Crippen molar-refractivity contribution in [1.29, 1.82) is 0 Å². The Kier molecular flexibility index (Phi) is 10.0. The van der Waals surface area contributed by atoms with E-state index in [-0.39, 0.29) is 67.5 Å². The molecule has 1 aromatic rings. The first kappa shape index (κ1) is 18.4. The molecule has 0 bridgehead atoms. The van der Waals surface area contributed by atoms with Crippen LogP contribution in [0.3, 0.4) is 0 Å². The summed E-state index contributed by atoms with van der Waals surface area (Å²) in [7, 11) is -3.89. The Balaban J connectivity index is -0.000000211. The van der Waals surface area contributed by atoms with Gasteiger partial charge >= 0.3 is 74.1 Å². The van der Waals surface area contributed by atoms with Gasteiger partial charge < -0.3 is 7.04 Å². The van der Waals surface area contributed by atoms with Crippen LogP contribution in [0, 0.1) is 0 Å². The SMILES string of the molecule is O=C(OS(=O)(O)=S)c1ccccc1.[H-].[H-].[Na+].[Na+]. The molecule has 0 aromatic heterocycles. The van der Waals surface area contributed by atoms with E-state index in [1.54, 1.807) is 18.2 Å². The zero-order chi connectivity index (χ0) is 9.90. The molecule has 1 rings (SSSR count). The molecule has 0 aliphatic carbocycles. The summed E-state index contributed by atoms with van der Waals surface area (Å²) >= 11 is 4.00. The average molecular weight is 266 g/mol. The third-order valence-electron chi connectivity index (χ3n) is 1.19. The quantitative estimate of drug-likeness (QED) is 0.544. The van der Waals surface area contributed by atoms with E-state index in [1.165, 1.54) is 12.1 Å². The van der Waals surface area contributed by atoms with E-state index < -0.39 is 15.0 Å². The van der Waals surface area contributed by atoms with Crippen LogP contribution < -0.4 is 59.1 Å². The van der Waals surface area contributed by atoms with Crippen LogP contribution in [-0.4, -0.2) is 14.7 Å². The third kappa shape index (κ3) is 7.84. The molecule has 0 aliphatic heterocycles. The molecule has 15 heavy (non-hydrogen) atoms. The van der Waals surface area contributed by atoms with Crippen molar-refractivity contribution in [2.24, 2.45) is 0 Å². The minimum atomic E-state index is -3.89. The first-order valence-electron chi connectivity index (χ1n) is 3.25. The fraction of sp³-hybridized carbons (Fsp3) is 0. The predicted molar refractivity (Wildman–Crippen MR) is 52.2 cm³/mol. The van der Waals surface area contributed by atoms with Crippen molar-refractivity contribution < 1.29 is 79.7 Å². The van der Waals surface area contributed by atoms with Gasteiger partial charge in [-0.25, -0.2) is 4.79 Å². The van der Waals surface area contributed by atoms with Crippen molar-refractivity contribution in [2.75, 3.05) is 0 Å². The van der Waals surface area contributed by atoms with Gasteiger partial charge in [0.1, 0.15) is 0 Å². The summed E-state index contributed by atoms with van der Waals surface area (Å²) in [4.78, 5) is 11.0. The van der Waals surface area contributed by atoms with Gasteiger partial charge in [-0.1, -0.05) is 18.2 Å². The van der Waals surface area contributed by atoms with Crippen LogP contribution in [0.25, 0.3) is 0 Å². The van der Waals surface area contributed by atoms with E-state index in [9.17, 15) is 9.00 Å². The standard InChI is InChI=1S/C7H6O4S2.2Na.2H/c8-7(11-13(9,10)12)6-4-2-1-3-5-6;;;;/h1-5H,(H,9,10,12);;;;/q;2*+1;2*-1. The summed E-state index contributed by atoms with van der Waals surface area (Å²) in [5.74, 6) is -0.900. The first-order valence-corrected chi connectivity index (χ1v) is 5.62. The summed E-state index contributed by atoms with van der Waals surface area (Å²) in [6.07, 6.45) is 0. The monoisotopic (exact) mass is 266 g/mol. The average Bonchev–Trinajstić information content (AvgIpc) is 2.03. The molecule has 1 atom stereocenters. The summed E-state index contributed by atoms with van der Waals surface area (Å²) < 4.78 is 23.1. The molecule has 4 nitrogen and oxygen atoms in total. The van der Waals surface area contributed by atoms with Crippen LogP contribution in [0.2, 0.25) is 0 Å². The van der Waals surface area contributed by atoms with Gasteiger partial charge in [-0.05, 0) is 12.1 Å². The molecular weight excluding hydrogens is 258 g/mol. The molecule has 0 saturated heterocycles. The first-order chi connectivity index (χ1) is 5.99. The van der Waals surface area contributed by atoms with Gasteiger partial charge in [0, 0.05) is 0 Å². The van der Waals surface area contributed by atoms with E-state index in [4.69, 9.17) is 4.55 Å². The molecule has 1 aromatic carbocycles. The van der Waals surface area contributed by atoms with Crippen LogP contribution in [-0.2, 0) is 24.4 Å². The minimum Gasteiger partial charge on any atom is -1.00 e. The van der Waals surface area contributed by atoms with E-state index in [0.29, 0.717) is 0 Å². The maximum Gasteiger partial charge on any atom is 1.00 e. The van der Waals surface area contributed by atoms with Gasteiger partial charge in [0.25, 0.3) is 0 Å². The number of rotatable bonds is 2. The van der Waals surface area contributed by atoms with Crippen molar-refractivity contribution in [3.05, 3.63) is 35.9 Å². The summed E-state index contributed by atoms with van der Waals surface area (Å²) in [6.45, 7) is 0. The van der Waals surface area contributed by atoms with Gasteiger partial charge in [-0.3, -0.25) is 4.55 Å². The summed E-state index contributed by atoms with van der Waals surface area (Å²) in [6, 6.07) is 7.85. The van der Waals surface area contributed by atoms with Gasteiger partial charge in [0.15, 0.2) is 0 Å². The summed E-state index contributed by atoms with van der Waals surface area (Å²) in [5.41, 5.74) is 0.189. The number of carbonyl (C=O) groups excluding carboxylic acids is 1. The molecule has 0 saturated carbocycles. The van der Waals surface area contributed by atoms with Gasteiger partial charge in [0.05, 0.1) is 16.8 Å². The predicted octanol–water partition coefficient (Wildman–Crippen LogP) is -4.79. The van der Waals surface area contributed by atoms with Crippen molar-refractivity contribution in [3.8, 4) is 0 Å². The van der Waals surface area contributed by atoms with Crippen LogP contribution in [0.4, 0.5) is 0 Å². The second kappa shape index (κ2) is 8.16. The molecule has 0 amide bonds. The molecule has 74 valence electrons. The fourth-order valence-corrected chi connectivity index (χ4v) is 1.19. The van der Waals surface area contributed by atoms with Crippen molar-refractivity contribution in [3.63, 3.8) is 0 Å². The van der Waals surface area contributed by atoms with Crippen LogP contribution >= 0.6 is 0 Å². The van der Waals surface area contributed by atoms with E-state index in [2.05, 4.69) is 15.4 Å². The van der Waals surface area contributed by atoms with Gasteiger partial charge in [-0.2, -0.15) is 4.21 Å². The molecule has 1 unspecified atom stereocenters. The number of hydrogen-bond acceptors (Lipinski definition) is 4. The molecule has 1 N–H and O–H groups in total. The second-order valence-corrected chi connectivity index (χ2v) is 4.45. The zero-order valence-corrected chi connectivity index (χ0v) is 14.0. The Morgan fingerprint density at radius 3 is 2.20 bits per heavy atom. The zero-order valence-electron chi connectivity index (χ0n) is 10.4. The second-order valence-electron chi connectivity index (χ2n) is 2.16. The van der Waals surface area contributed by atoms with Gasteiger partial charge in [0.2, 0.25) is 0 Å². The Labute approximate surface area is 140 Å². The largest absolute Gasteiger partial charge is 1.00 e. The van der Waals surface area contributed by atoms with Gasteiger partial charge in [-0.15, -0.1) is 0 Å². The van der Waals surface area contributed by atoms with Crippen LogP contribution in [0.15, 0.2) is 30.3 Å². The summed E-state index contributed by atoms with van der Waals surface area (Å²) in [5, 5.41) is 0. The van der Waals surface area contributed by atoms with E-state index in [0.717, 1.165) is 0 Å². The Bertz CT molecular complexity index is 413. The smallest absolute Gasteiger partial charge is 1.00 e. The van der Waals surface area contributed by atoms with Crippen LogP contribution in [0.5, 0.6) is 0 Å². The molecule has 0 aliphatic rings. The maximum absolute atomic E-state index is 11.0. The number of hydrogen-bond donors (Lipinski definition) is 1. The van der Waals surface area contributed by atoms with E-state index >= 15 is 0 Å². The molecular formula is C7H8Na2O4S2. The third-order valence-corrected chi connectivity index (χ3v) is 1.76. The Hall–Kier alpha value is 1.02. The topological polar surface area (TPSA) is 63.6 Å². The molecule has 8 heteroatoms. The van der Waals surface area contributed by atoms with Crippen molar-refractivity contribution in [1.82, 2.24) is 0 Å². The molecule has 0 radical (unpaired) electrons. The van der Waals surface area contributed by atoms with Crippen molar-refractivity contribution >= 4 is 26.2 Å². The van der Waals surface area contributed by atoms with Crippen LogP contribution in [0.1, 0.15) is 13.2 Å². The molecule has 0 spiro atoms. The molecule has 0 fully saturated rings.